The average molecular weight is 838 g/mol. The Morgan fingerprint density at radius 2 is 0.914 bits per heavy atom. The van der Waals surface area contributed by atoms with Crippen LogP contribution in [-0.4, -0.2) is 59.9 Å². The van der Waals surface area contributed by atoms with Crippen LogP contribution in [0.25, 0.3) is 0 Å². The summed E-state index contributed by atoms with van der Waals surface area (Å²) in [6, 6.07) is -1.53. The van der Waals surface area contributed by atoms with Gasteiger partial charge >= 0.3 is 25.7 Å². The second kappa shape index (κ2) is 40.9. The van der Waals surface area contributed by atoms with Gasteiger partial charge in [-0.15, -0.1) is 0 Å². The fraction of sp³-hybridized carbons (Fsp3) is 0.717. The minimum absolute atomic E-state index is 0.132. The number of phosphoric acid groups is 1. The van der Waals surface area contributed by atoms with E-state index >= 15 is 0 Å². The van der Waals surface area contributed by atoms with Crippen molar-refractivity contribution in [3.8, 4) is 0 Å². The van der Waals surface area contributed by atoms with E-state index in [2.05, 4.69) is 79.1 Å². The number of ether oxygens (including phenoxy) is 2. The van der Waals surface area contributed by atoms with Crippen LogP contribution in [0, 0.1) is 0 Å². The number of carboxylic acid groups (broad SMARTS) is 1. The molecule has 0 aliphatic carbocycles. The van der Waals surface area contributed by atoms with Gasteiger partial charge in [0.05, 0.1) is 13.2 Å². The van der Waals surface area contributed by atoms with Gasteiger partial charge in [-0.2, -0.15) is 0 Å². The Hall–Kier alpha value is -2.82. The van der Waals surface area contributed by atoms with Crippen LogP contribution < -0.4 is 5.73 Å². The van der Waals surface area contributed by atoms with Crippen molar-refractivity contribution >= 4 is 25.7 Å². The topological polar surface area (TPSA) is 172 Å². The third kappa shape index (κ3) is 40.0. The molecule has 0 aliphatic rings. The number of allylic oxidation sites excluding steroid dienone is 10. The molecule has 0 aromatic carbocycles. The van der Waals surface area contributed by atoms with Gasteiger partial charge in [-0.25, -0.2) is 4.57 Å². The highest BCUT2D eigenvalue weighted by atomic mass is 31.2. The summed E-state index contributed by atoms with van der Waals surface area (Å²) in [5, 5.41) is 8.89. The van der Waals surface area contributed by atoms with E-state index in [9.17, 15) is 23.8 Å². The minimum atomic E-state index is -4.73. The molecule has 0 saturated carbocycles. The Bertz CT molecular complexity index is 1210. The highest BCUT2D eigenvalue weighted by Gasteiger charge is 2.28. The summed E-state index contributed by atoms with van der Waals surface area (Å²) in [5.41, 5.74) is 5.33. The highest BCUT2D eigenvalue weighted by Crippen LogP contribution is 2.43. The molecule has 0 fully saturated rings. The van der Waals surface area contributed by atoms with Crippen LogP contribution in [0.4, 0.5) is 0 Å². The molecule has 4 N–H and O–H groups in total. The predicted octanol–water partition coefficient (Wildman–Crippen LogP) is 12.0. The molecule has 334 valence electrons. The van der Waals surface area contributed by atoms with Crippen molar-refractivity contribution in [1.29, 1.82) is 0 Å². The zero-order valence-electron chi connectivity index (χ0n) is 36.1. The number of unbranched alkanes of at least 4 members (excludes halogenated alkanes) is 17. The summed E-state index contributed by atoms with van der Waals surface area (Å²) in [7, 11) is -4.73. The third-order valence-electron chi connectivity index (χ3n) is 9.24. The lowest BCUT2D eigenvalue weighted by molar-refractivity contribution is -0.161. The Morgan fingerprint density at radius 1 is 0.534 bits per heavy atom. The first-order valence-electron chi connectivity index (χ1n) is 22.3. The molecule has 0 radical (unpaired) electrons. The summed E-state index contributed by atoms with van der Waals surface area (Å²) in [4.78, 5) is 46.0. The zero-order chi connectivity index (χ0) is 42.8. The van der Waals surface area contributed by atoms with Crippen LogP contribution in [0.5, 0.6) is 0 Å². The molecule has 0 amide bonds. The van der Waals surface area contributed by atoms with E-state index in [4.69, 9.17) is 24.8 Å². The van der Waals surface area contributed by atoms with Gasteiger partial charge in [0.25, 0.3) is 0 Å². The maximum Gasteiger partial charge on any atom is 0.472 e. The van der Waals surface area contributed by atoms with Crippen LogP contribution in [0.2, 0.25) is 0 Å². The largest absolute Gasteiger partial charge is 0.480 e. The maximum absolute atomic E-state index is 12.6. The molecule has 0 spiro atoms. The summed E-state index contributed by atoms with van der Waals surface area (Å²) < 4.78 is 32.7. The lowest BCUT2D eigenvalue weighted by Gasteiger charge is -2.20. The molecule has 0 aliphatic heterocycles. The monoisotopic (exact) mass is 838 g/mol. The molecule has 0 bridgehead atoms. The highest BCUT2D eigenvalue weighted by molar-refractivity contribution is 7.47. The third-order valence-corrected chi connectivity index (χ3v) is 10.2. The number of carbonyl (C=O) groups excluding carboxylic acids is 2. The first kappa shape index (κ1) is 55.2. The molecule has 3 atom stereocenters. The van der Waals surface area contributed by atoms with E-state index in [0.717, 1.165) is 64.2 Å². The molecule has 0 heterocycles. The van der Waals surface area contributed by atoms with Crippen LogP contribution >= 0.6 is 7.82 Å². The van der Waals surface area contributed by atoms with Crippen molar-refractivity contribution in [1.82, 2.24) is 0 Å². The van der Waals surface area contributed by atoms with Gasteiger partial charge in [-0.05, 0) is 83.5 Å². The molecule has 1 unspecified atom stereocenters. The van der Waals surface area contributed by atoms with Crippen LogP contribution in [0.3, 0.4) is 0 Å². The number of phosphoric ester groups is 1. The number of carboxylic acids is 1. The molecule has 11 nitrogen and oxygen atoms in total. The Morgan fingerprint density at radius 3 is 1.41 bits per heavy atom. The van der Waals surface area contributed by atoms with Gasteiger partial charge in [-0.3, -0.25) is 23.4 Å². The van der Waals surface area contributed by atoms with Crippen molar-refractivity contribution in [2.45, 2.75) is 193 Å². The number of nitrogens with two attached hydrogens (primary N) is 1. The molecule has 0 aromatic heterocycles. The molecular formula is C46H80NO10P. The second-order valence-corrected chi connectivity index (χ2v) is 16.3. The number of hydrogen-bond donors (Lipinski definition) is 3. The molecule has 0 rings (SSSR count). The Labute approximate surface area is 351 Å². The van der Waals surface area contributed by atoms with E-state index in [0.29, 0.717) is 12.8 Å². The predicted molar refractivity (Wildman–Crippen MR) is 235 cm³/mol. The van der Waals surface area contributed by atoms with E-state index in [1.807, 2.05) is 0 Å². The van der Waals surface area contributed by atoms with Crippen molar-refractivity contribution in [2.24, 2.45) is 5.73 Å². The SMILES string of the molecule is CCCCC/C=C/C/C=C/C/C=C/C/C=C/CCCCCC(=O)OC[C@H](COP(=O)(O)OC[C@H](N)C(=O)O)OC(=O)CCCCC/C=C/CCCCCCCCCC. The molecule has 0 saturated heterocycles. The van der Waals surface area contributed by atoms with Gasteiger partial charge in [-0.1, -0.05) is 145 Å². The van der Waals surface area contributed by atoms with Crippen molar-refractivity contribution in [2.75, 3.05) is 19.8 Å². The Kier molecular flexibility index (Phi) is 38.9. The lowest BCUT2D eigenvalue weighted by atomic mass is 10.1. The molecule has 12 heteroatoms. The molecule has 58 heavy (non-hydrogen) atoms. The first-order valence-corrected chi connectivity index (χ1v) is 23.8. The normalized spacial score (nSPS) is 14.3. The van der Waals surface area contributed by atoms with E-state index in [-0.39, 0.29) is 19.4 Å². The number of carbonyl (C=O) groups is 3. The van der Waals surface area contributed by atoms with E-state index < -0.39 is 51.1 Å². The fourth-order valence-electron chi connectivity index (χ4n) is 5.69. The van der Waals surface area contributed by atoms with E-state index in [1.165, 1.54) is 77.0 Å². The maximum atomic E-state index is 12.6. The smallest absolute Gasteiger partial charge is 0.472 e. The standard InChI is InChI=1S/C46H80NO10P/c1-3-5-7-9-11-13-15-17-19-20-21-22-24-25-27-29-31-33-35-37-44(48)54-39-42(40-55-58(52,53)56-41-43(47)46(50)51)57-45(49)38-36-34-32-30-28-26-23-18-16-14-12-10-8-6-4-2/h11,13,17,19,21-22,25-28,42-43H,3-10,12,14-16,18,20,23-24,29-41,47H2,1-2H3,(H,50,51)(H,52,53)/b13-11+,19-17+,22-21+,27-25+,28-26+/t42-,43+/m1/s1. The van der Waals surface area contributed by atoms with Crippen molar-refractivity contribution in [3.63, 3.8) is 0 Å². The summed E-state index contributed by atoms with van der Waals surface area (Å²) in [5.74, 6) is -2.44. The van der Waals surface area contributed by atoms with Gasteiger partial charge in [0.15, 0.2) is 6.10 Å². The fourth-order valence-corrected chi connectivity index (χ4v) is 6.47. The van der Waals surface area contributed by atoms with E-state index in [1.54, 1.807) is 0 Å². The van der Waals surface area contributed by atoms with Gasteiger partial charge < -0.3 is 25.2 Å². The molecule has 0 aromatic rings. The quantitative estimate of drug-likeness (QED) is 0.0231. The van der Waals surface area contributed by atoms with Crippen molar-refractivity contribution < 1.29 is 47.5 Å². The van der Waals surface area contributed by atoms with Crippen LogP contribution in [0.1, 0.15) is 181 Å². The molecular weight excluding hydrogens is 757 g/mol. The number of hydrogen-bond acceptors (Lipinski definition) is 9. The minimum Gasteiger partial charge on any atom is -0.480 e. The van der Waals surface area contributed by atoms with Crippen LogP contribution in [0.15, 0.2) is 60.8 Å². The number of rotatable bonds is 41. The van der Waals surface area contributed by atoms with Gasteiger partial charge in [0, 0.05) is 12.8 Å². The average Bonchev–Trinajstić information content (AvgIpc) is 3.20. The Balaban J connectivity index is 4.44. The summed E-state index contributed by atoms with van der Waals surface area (Å²) >= 11 is 0. The number of aliphatic carboxylic acids is 1. The second-order valence-electron chi connectivity index (χ2n) is 14.8. The lowest BCUT2D eigenvalue weighted by Crippen LogP contribution is -2.34. The summed E-state index contributed by atoms with van der Waals surface area (Å²) in [6.45, 7) is 2.72. The zero-order valence-corrected chi connectivity index (χ0v) is 37.0. The first-order chi connectivity index (χ1) is 28.1. The van der Waals surface area contributed by atoms with Gasteiger partial charge in [0.1, 0.15) is 12.6 Å². The van der Waals surface area contributed by atoms with Crippen molar-refractivity contribution in [3.05, 3.63) is 60.8 Å². The summed E-state index contributed by atoms with van der Waals surface area (Å²) in [6.07, 6.45) is 47.1. The van der Waals surface area contributed by atoms with Crippen LogP contribution in [-0.2, 0) is 37.5 Å². The van der Waals surface area contributed by atoms with Gasteiger partial charge in [0.2, 0.25) is 0 Å². The number of esters is 2.